The third kappa shape index (κ3) is 1.56. The molecule has 0 atom stereocenters. The fourth-order valence-electron chi connectivity index (χ4n) is 1.08. The molecule has 0 saturated carbocycles. The zero-order valence-corrected chi connectivity index (χ0v) is 7.29. The van der Waals surface area contributed by atoms with Crippen molar-refractivity contribution >= 4 is 17.9 Å². The number of carbonyl (C=O) groups excluding carboxylic acids is 3. The third-order valence-corrected chi connectivity index (χ3v) is 1.66. The minimum Gasteiger partial charge on any atom is -0.460 e. The molecule has 0 aromatic carbocycles. The monoisotopic (exact) mass is 180 g/mol. The van der Waals surface area contributed by atoms with Crippen molar-refractivity contribution in [2.75, 3.05) is 0 Å². The van der Waals surface area contributed by atoms with E-state index in [1.54, 1.807) is 0 Å². The Balaban J connectivity index is 3.38. The highest BCUT2D eigenvalue weighted by Gasteiger charge is 2.19. The lowest BCUT2D eigenvalue weighted by molar-refractivity contribution is 0.0978. The molecule has 4 heteroatoms. The second-order valence-corrected chi connectivity index (χ2v) is 2.62. The van der Waals surface area contributed by atoms with E-state index in [0.717, 1.165) is 6.26 Å². The molecule has 1 rings (SSSR count). The number of Topliss-reactive ketones (excluding diaryl/α,β-unsaturated/α-hetero) is 2. The molecule has 0 unspecified atom stereocenters. The van der Waals surface area contributed by atoms with Gasteiger partial charge in [0.2, 0.25) is 0 Å². The Kier molecular flexibility index (Phi) is 2.41. The highest BCUT2D eigenvalue weighted by atomic mass is 16.3. The molecule has 0 spiro atoms. The molecule has 13 heavy (non-hydrogen) atoms. The Morgan fingerprint density at radius 2 is 1.92 bits per heavy atom. The first-order valence-electron chi connectivity index (χ1n) is 3.66. The van der Waals surface area contributed by atoms with Gasteiger partial charge in [-0.2, -0.15) is 0 Å². The number of furan rings is 1. The molecule has 68 valence electrons. The summed E-state index contributed by atoms with van der Waals surface area (Å²) in [6.07, 6.45) is 1.55. The van der Waals surface area contributed by atoms with Gasteiger partial charge < -0.3 is 4.42 Å². The summed E-state index contributed by atoms with van der Waals surface area (Å²) in [7, 11) is 0. The summed E-state index contributed by atoms with van der Waals surface area (Å²) in [5, 5.41) is 0. The van der Waals surface area contributed by atoms with Crippen LogP contribution in [0.3, 0.4) is 0 Å². The summed E-state index contributed by atoms with van der Waals surface area (Å²) >= 11 is 0. The number of carbonyl (C=O) groups is 3. The van der Waals surface area contributed by atoms with E-state index in [9.17, 15) is 14.4 Å². The van der Waals surface area contributed by atoms with Gasteiger partial charge in [0.15, 0.2) is 23.6 Å². The van der Waals surface area contributed by atoms with Gasteiger partial charge in [0.1, 0.15) is 6.26 Å². The van der Waals surface area contributed by atoms with E-state index >= 15 is 0 Å². The Morgan fingerprint density at radius 1 is 1.31 bits per heavy atom. The molecule has 0 amide bonds. The lowest BCUT2D eigenvalue weighted by Crippen LogP contribution is -2.02. The van der Waals surface area contributed by atoms with Crippen molar-refractivity contribution in [1.29, 1.82) is 0 Å². The highest BCUT2D eigenvalue weighted by Crippen LogP contribution is 2.16. The molecule has 4 nitrogen and oxygen atoms in total. The molecule has 0 N–H and O–H groups in total. The van der Waals surface area contributed by atoms with Gasteiger partial charge in [-0.25, -0.2) is 0 Å². The van der Waals surface area contributed by atoms with Crippen LogP contribution in [0, 0.1) is 0 Å². The molecule has 0 aliphatic heterocycles. The minimum absolute atomic E-state index is 0.0718. The third-order valence-electron chi connectivity index (χ3n) is 1.66. The van der Waals surface area contributed by atoms with E-state index in [2.05, 4.69) is 0 Å². The van der Waals surface area contributed by atoms with Gasteiger partial charge in [-0.05, 0) is 13.8 Å². The molecule has 1 aromatic rings. The maximum absolute atomic E-state index is 11.0. The lowest BCUT2D eigenvalue weighted by Gasteiger charge is -1.93. The van der Waals surface area contributed by atoms with Crippen molar-refractivity contribution in [2.24, 2.45) is 0 Å². The predicted molar refractivity (Wildman–Crippen MR) is 44.1 cm³/mol. The van der Waals surface area contributed by atoms with Crippen molar-refractivity contribution in [3.8, 4) is 0 Å². The van der Waals surface area contributed by atoms with Crippen LogP contribution in [-0.4, -0.2) is 17.9 Å². The molecule has 0 radical (unpaired) electrons. The van der Waals surface area contributed by atoms with E-state index < -0.39 is 0 Å². The molecule has 0 bridgehead atoms. The van der Waals surface area contributed by atoms with Gasteiger partial charge >= 0.3 is 0 Å². The summed E-state index contributed by atoms with van der Waals surface area (Å²) in [4.78, 5) is 32.4. The van der Waals surface area contributed by atoms with Crippen LogP contribution in [0.5, 0.6) is 0 Å². The van der Waals surface area contributed by atoms with Crippen molar-refractivity contribution in [2.45, 2.75) is 13.8 Å². The standard InChI is InChI=1S/C9H8O4/c1-5(11)7-4-13-8(3-10)9(7)6(2)12/h3-4H,1-2H3. The average Bonchev–Trinajstić information content (AvgIpc) is 2.46. The summed E-state index contributed by atoms with van der Waals surface area (Å²) in [5.74, 6) is -0.721. The first-order chi connectivity index (χ1) is 6.07. The number of rotatable bonds is 3. The van der Waals surface area contributed by atoms with Crippen molar-refractivity contribution < 1.29 is 18.8 Å². The molecular formula is C9H8O4. The van der Waals surface area contributed by atoms with E-state index in [1.165, 1.54) is 13.8 Å². The largest absolute Gasteiger partial charge is 0.460 e. The molecule has 1 aromatic heterocycles. The minimum atomic E-state index is -0.346. The van der Waals surface area contributed by atoms with Crippen LogP contribution >= 0.6 is 0 Å². The number of ketones is 2. The van der Waals surface area contributed by atoms with Gasteiger partial charge in [-0.15, -0.1) is 0 Å². The molecule has 0 saturated heterocycles. The van der Waals surface area contributed by atoms with Crippen LogP contribution in [0.2, 0.25) is 0 Å². The Hall–Kier alpha value is -1.71. The summed E-state index contributed by atoms with van der Waals surface area (Å²) in [6, 6.07) is 0. The normalized spacial score (nSPS) is 9.69. The maximum atomic E-state index is 11.0. The lowest BCUT2D eigenvalue weighted by atomic mass is 10.1. The second kappa shape index (κ2) is 3.35. The zero-order valence-electron chi connectivity index (χ0n) is 7.29. The second-order valence-electron chi connectivity index (χ2n) is 2.62. The number of hydrogen-bond acceptors (Lipinski definition) is 4. The van der Waals surface area contributed by atoms with Gasteiger partial charge in [0, 0.05) is 0 Å². The Bertz CT molecular complexity index is 373. The van der Waals surface area contributed by atoms with Gasteiger partial charge in [0.05, 0.1) is 11.1 Å². The van der Waals surface area contributed by atoms with Crippen LogP contribution in [0.1, 0.15) is 45.1 Å². The summed E-state index contributed by atoms with van der Waals surface area (Å²) in [6.45, 7) is 2.59. The molecule has 0 aliphatic rings. The number of aldehydes is 1. The van der Waals surface area contributed by atoms with E-state index in [-0.39, 0.29) is 28.5 Å². The van der Waals surface area contributed by atoms with Gasteiger partial charge in [-0.3, -0.25) is 14.4 Å². The van der Waals surface area contributed by atoms with Crippen LogP contribution in [-0.2, 0) is 0 Å². The maximum Gasteiger partial charge on any atom is 0.186 e. The molecule has 1 heterocycles. The molecular weight excluding hydrogens is 172 g/mol. The van der Waals surface area contributed by atoms with Crippen LogP contribution < -0.4 is 0 Å². The van der Waals surface area contributed by atoms with Crippen molar-refractivity contribution in [3.63, 3.8) is 0 Å². The van der Waals surface area contributed by atoms with Crippen LogP contribution in [0.4, 0.5) is 0 Å². The van der Waals surface area contributed by atoms with Crippen molar-refractivity contribution in [1.82, 2.24) is 0 Å². The van der Waals surface area contributed by atoms with Crippen molar-refractivity contribution in [3.05, 3.63) is 23.2 Å². The number of hydrogen-bond donors (Lipinski definition) is 0. The zero-order chi connectivity index (χ0) is 10.0. The van der Waals surface area contributed by atoms with Crippen LogP contribution in [0.15, 0.2) is 10.7 Å². The smallest absolute Gasteiger partial charge is 0.186 e. The predicted octanol–water partition coefficient (Wildman–Crippen LogP) is 1.50. The summed E-state index contributed by atoms with van der Waals surface area (Å²) in [5.41, 5.74) is 0.233. The first-order valence-corrected chi connectivity index (χ1v) is 3.66. The van der Waals surface area contributed by atoms with Crippen LogP contribution in [0.25, 0.3) is 0 Å². The first kappa shape index (κ1) is 9.38. The summed E-state index contributed by atoms with van der Waals surface area (Å²) < 4.78 is 4.76. The van der Waals surface area contributed by atoms with Gasteiger partial charge in [0.25, 0.3) is 0 Å². The SMILES string of the molecule is CC(=O)c1coc(C=O)c1C(C)=O. The fourth-order valence-corrected chi connectivity index (χ4v) is 1.08. The van der Waals surface area contributed by atoms with Gasteiger partial charge in [-0.1, -0.05) is 0 Å². The molecule has 0 aliphatic carbocycles. The average molecular weight is 180 g/mol. The fraction of sp³-hybridized carbons (Fsp3) is 0.222. The Morgan fingerprint density at radius 3 is 2.31 bits per heavy atom. The van der Waals surface area contributed by atoms with E-state index in [1.807, 2.05) is 0 Å². The Labute approximate surface area is 74.5 Å². The van der Waals surface area contributed by atoms with E-state index in [0.29, 0.717) is 6.29 Å². The van der Waals surface area contributed by atoms with E-state index in [4.69, 9.17) is 4.42 Å². The topological polar surface area (TPSA) is 64.3 Å². The molecule has 0 fully saturated rings. The quantitative estimate of drug-likeness (QED) is 0.522. The highest BCUT2D eigenvalue weighted by molar-refractivity contribution is 6.10.